The van der Waals surface area contributed by atoms with Crippen molar-refractivity contribution < 1.29 is 9.18 Å². The molecule has 0 atom stereocenters. The molecule has 4 aromatic rings. The lowest BCUT2D eigenvalue weighted by Gasteiger charge is -2.04. The molecule has 2 N–H and O–H groups in total. The number of carbonyl (C=O) groups excluding carboxylic acids is 1. The van der Waals surface area contributed by atoms with E-state index in [4.69, 9.17) is 12.2 Å². The van der Waals surface area contributed by atoms with Crippen LogP contribution in [0.15, 0.2) is 41.8 Å². The maximum Gasteiger partial charge on any atom is 0.291 e. The molecule has 0 saturated heterocycles. The van der Waals surface area contributed by atoms with E-state index in [0.717, 1.165) is 10.7 Å². The van der Waals surface area contributed by atoms with Gasteiger partial charge in [-0.1, -0.05) is 12.1 Å². The molecule has 8 nitrogen and oxygen atoms in total. The molecule has 11 heteroatoms. The van der Waals surface area contributed by atoms with Gasteiger partial charge in [-0.05, 0) is 41.9 Å². The van der Waals surface area contributed by atoms with E-state index in [-0.39, 0.29) is 5.82 Å². The molecular formula is C18H16FN7OS2. The molecule has 3 aromatic heterocycles. The summed E-state index contributed by atoms with van der Waals surface area (Å²) in [5.74, 6) is 0.398. The SMILES string of the molecule is Cn1c(CCNC(=O)c2nc(-c3cccs3)n(-c3cccc(F)c3)n2)n[nH]c1=S. The number of H-pyrrole nitrogens is 1. The zero-order valence-electron chi connectivity index (χ0n) is 15.3. The first kappa shape index (κ1) is 19.2. The number of aromatic nitrogens is 6. The van der Waals surface area contributed by atoms with Gasteiger partial charge in [0.2, 0.25) is 5.82 Å². The first-order valence-corrected chi connectivity index (χ1v) is 9.97. The number of hydrogen-bond donors (Lipinski definition) is 2. The first-order chi connectivity index (χ1) is 14.0. The van der Waals surface area contributed by atoms with E-state index in [1.165, 1.54) is 28.2 Å². The third-order valence-electron chi connectivity index (χ3n) is 4.21. The highest BCUT2D eigenvalue weighted by atomic mass is 32.1. The van der Waals surface area contributed by atoms with Gasteiger partial charge in [-0.15, -0.1) is 16.4 Å². The Labute approximate surface area is 174 Å². The van der Waals surface area contributed by atoms with Gasteiger partial charge in [0, 0.05) is 20.0 Å². The molecule has 0 aliphatic heterocycles. The molecule has 0 unspecified atom stereocenters. The standard InChI is InChI=1S/C18H16FN7OS2/c1-25-14(22-23-18(25)28)7-8-20-17(27)15-21-16(13-6-3-9-29-13)26(24-15)12-5-2-4-11(19)10-12/h2-6,9-10H,7-8H2,1H3,(H,20,27)(H,23,28). The summed E-state index contributed by atoms with van der Waals surface area (Å²) in [7, 11) is 1.80. The number of amides is 1. The van der Waals surface area contributed by atoms with Crippen LogP contribution in [0.25, 0.3) is 16.4 Å². The van der Waals surface area contributed by atoms with Gasteiger partial charge in [0.15, 0.2) is 10.6 Å². The van der Waals surface area contributed by atoms with Crippen LogP contribution in [0.1, 0.15) is 16.4 Å². The van der Waals surface area contributed by atoms with Gasteiger partial charge in [0.05, 0.1) is 10.6 Å². The maximum atomic E-state index is 13.7. The fourth-order valence-corrected chi connectivity index (χ4v) is 3.58. The Morgan fingerprint density at radius 3 is 2.90 bits per heavy atom. The Bertz CT molecular complexity index is 1210. The lowest BCUT2D eigenvalue weighted by Crippen LogP contribution is -2.27. The zero-order valence-corrected chi connectivity index (χ0v) is 16.9. The van der Waals surface area contributed by atoms with E-state index < -0.39 is 11.7 Å². The number of carbonyl (C=O) groups is 1. The summed E-state index contributed by atoms with van der Waals surface area (Å²) in [5, 5.41) is 15.8. The van der Waals surface area contributed by atoms with E-state index in [1.807, 2.05) is 17.5 Å². The monoisotopic (exact) mass is 429 g/mol. The van der Waals surface area contributed by atoms with Crippen LogP contribution in [0.5, 0.6) is 0 Å². The molecule has 0 fully saturated rings. The highest BCUT2D eigenvalue weighted by Crippen LogP contribution is 2.25. The maximum absolute atomic E-state index is 13.7. The molecule has 1 amide bonds. The summed E-state index contributed by atoms with van der Waals surface area (Å²) in [4.78, 5) is 17.8. The molecule has 3 heterocycles. The van der Waals surface area contributed by atoms with Gasteiger partial charge in [-0.3, -0.25) is 9.89 Å². The van der Waals surface area contributed by atoms with Crippen LogP contribution in [0.3, 0.4) is 0 Å². The van der Waals surface area contributed by atoms with Gasteiger partial charge in [-0.25, -0.2) is 14.1 Å². The van der Waals surface area contributed by atoms with Crippen molar-refractivity contribution in [3.8, 4) is 16.4 Å². The molecular weight excluding hydrogens is 413 g/mol. The smallest absolute Gasteiger partial charge is 0.291 e. The predicted octanol–water partition coefficient (Wildman–Crippen LogP) is 2.90. The van der Waals surface area contributed by atoms with Crippen molar-refractivity contribution in [2.45, 2.75) is 6.42 Å². The minimum Gasteiger partial charge on any atom is -0.349 e. The Morgan fingerprint density at radius 2 is 2.21 bits per heavy atom. The van der Waals surface area contributed by atoms with E-state index in [9.17, 15) is 9.18 Å². The Balaban J connectivity index is 1.57. The zero-order chi connectivity index (χ0) is 20.4. The van der Waals surface area contributed by atoms with Gasteiger partial charge in [-0.2, -0.15) is 5.10 Å². The minimum atomic E-state index is -0.422. The molecule has 1 aromatic carbocycles. The number of aromatic amines is 1. The number of nitrogens with one attached hydrogen (secondary N) is 2. The molecule has 0 spiro atoms. The van der Waals surface area contributed by atoms with Crippen molar-refractivity contribution in [1.29, 1.82) is 0 Å². The third-order valence-corrected chi connectivity index (χ3v) is 5.44. The number of rotatable bonds is 6. The Morgan fingerprint density at radius 1 is 1.34 bits per heavy atom. The number of benzene rings is 1. The summed E-state index contributed by atoms with van der Waals surface area (Å²) in [6.45, 7) is 0.342. The van der Waals surface area contributed by atoms with E-state index in [2.05, 4.69) is 25.6 Å². The molecule has 0 saturated carbocycles. The summed E-state index contributed by atoms with van der Waals surface area (Å²) in [6, 6.07) is 9.74. The average molecular weight is 430 g/mol. The van der Waals surface area contributed by atoms with E-state index in [1.54, 1.807) is 23.7 Å². The summed E-state index contributed by atoms with van der Waals surface area (Å²) in [6.07, 6.45) is 0.498. The van der Waals surface area contributed by atoms with Crippen molar-refractivity contribution in [3.63, 3.8) is 0 Å². The average Bonchev–Trinajstić information content (AvgIpc) is 3.44. The number of hydrogen-bond acceptors (Lipinski definition) is 6. The fraction of sp³-hybridized carbons (Fsp3) is 0.167. The molecule has 29 heavy (non-hydrogen) atoms. The van der Waals surface area contributed by atoms with Crippen LogP contribution in [0, 0.1) is 10.6 Å². The van der Waals surface area contributed by atoms with Gasteiger partial charge in [0.1, 0.15) is 11.6 Å². The lowest BCUT2D eigenvalue weighted by atomic mass is 10.3. The summed E-state index contributed by atoms with van der Waals surface area (Å²) in [5.41, 5.74) is 0.487. The van der Waals surface area contributed by atoms with Crippen LogP contribution < -0.4 is 5.32 Å². The van der Waals surface area contributed by atoms with Crippen molar-refractivity contribution in [2.75, 3.05) is 6.54 Å². The van der Waals surface area contributed by atoms with E-state index >= 15 is 0 Å². The second-order valence-electron chi connectivity index (χ2n) is 6.14. The number of nitrogens with zero attached hydrogens (tertiary/aromatic N) is 5. The van der Waals surface area contributed by atoms with Gasteiger partial charge >= 0.3 is 0 Å². The topological polar surface area (TPSA) is 93.4 Å². The van der Waals surface area contributed by atoms with Crippen molar-refractivity contribution in [2.24, 2.45) is 7.05 Å². The molecule has 4 rings (SSSR count). The highest BCUT2D eigenvalue weighted by Gasteiger charge is 2.19. The molecule has 0 aliphatic carbocycles. The molecule has 0 radical (unpaired) electrons. The fourth-order valence-electron chi connectivity index (χ4n) is 2.73. The van der Waals surface area contributed by atoms with Crippen LogP contribution in [-0.4, -0.2) is 42.0 Å². The second kappa shape index (κ2) is 8.05. The van der Waals surface area contributed by atoms with Crippen molar-refractivity contribution in [1.82, 2.24) is 34.8 Å². The van der Waals surface area contributed by atoms with Crippen molar-refractivity contribution in [3.05, 3.63) is 64.0 Å². The van der Waals surface area contributed by atoms with Crippen molar-refractivity contribution >= 4 is 29.5 Å². The Kier molecular flexibility index (Phi) is 5.32. The van der Waals surface area contributed by atoms with Crippen LogP contribution >= 0.6 is 23.6 Å². The van der Waals surface area contributed by atoms with Crippen LogP contribution in [0.2, 0.25) is 0 Å². The lowest BCUT2D eigenvalue weighted by molar-refractivity contribution is 0.0943. The van der Waals surface area contributed by atoms with Gasteiger partial charge < -0.3 is 9.88 Å². The first-order valence-electron chi connectivity index (χ1n) is 8.68. The molecule has 0 aliphatic rings. The summed E-state index contributed by atoms with van der Waals surface area (Å²) < 4.78 is 17.4. The predicted molar refractivity (Wildman–Crippen MR) is 109 cm³/mol. The Hall–Kier alpha value is -3.18. The largest absolute Gasteiger partial charge is 0.349 e. The quantitative estimate of drug-likeness (QED) is 0.460. The highest BCUT2D eigenvalue weighted by molar-refractivity contribution is 7.71. The molecule has 0 bridgehead atoms. The van der Waals surface area contributed by atoms with Crippen LogP contribution in [0.4, 0.5) is 4.39 Å². The van der Waals surface area contributed by atoms with E-state index in [0.29, 0.717) is 29.2 Å². The van der Waals surface area contributed by atoms with Gasteiger partial charge in [0.25, 0.3) is 5.91 Å². The molecule has 148 valence electrons. The number of halogens is 1. The normalized spacial score (nSPS) is 11.0. The third kappa shape index (κ3) is 4.00. The minimum absolute atomic E-state index is 0.00743. The summed E-state index contributed by atoms with van der Waals surface area (Å²) >= 11 is 6.53. The van der Waals surface area contributed by atoms with Crippen LogP contribution in [-0.2, 0) is 13.5 Å². The second-order valence-corrected chi connectivity index (χ2v) is 7.47. The number of thiophene rings is 1.